The lowest BCUT2D eigenvalue weighted by Crippen LogP contribution is -2.45. The van der Waals surface area contributed by atoms with Crippen LogP contribution in [0.2, 0.25) is 0 Å². The first-order chi connectivity index (χ1) is 12.4. The number of aliphatic hydroxyl groups is 1. The standard InChI is InChI=1S/C22H27NO3/c1-16(2)26-20-10-9-18(15-17(20)3)21(24)23-13-11-22(25,12-14-23)19-7-5-4-6-8-19/h4-10,15-16,25H,11-14H2,1-3H3. The lowest BCUT2D eigenvalue weighted by atomic mass is 9.84. The fourth-order valence-corrected chi connectivity index (χ4v) is 3.47. The van der Waals surface area contributed by atoms with E-state index in [9.17, 15) is 9.90 Å². The van der Waals surface area contributed by atoms with Crippen LogP contribution in [0.5, 0.6) is 5.75 Å². The topological polar surface area (TPSA) is 49.8 Å². The van der Waals surface area contributed by atoms with Gasteiger partial charge in [0.05, 0.1) is 11.7 Å². The number of carbonyl (C=O) groups is 1. The van der Waals surface area contributed by atoms with Crippen molar-refractivity contribution in [2.24, 2.45) is 0 Å². The van der Waals surface area contributed by atoms with E-state index in [4.69, 9.17) is 4.74 Å². The number of amides is 1. The van der Waals surface area contributed by atoms with Crippen LogP contribution in [0.25, 0.3) is 0 Å². The Kier molecular flexibility index (Phi) is 5.33. The molecule has 0 aliphatic carbocycles. The van der Waals surface area contributed by atoms with Gasteiger partial charge in [0.1, 0.15) is 5.75 Å². The van der Waals surface area contributed by atoms with Crippen molar-refractivity contribution in [2.45, 2.75) is 45.3 Å². The number of piperidine rings is 1. The fraction of sp³-hybridized carbons (Fsp3) is 0.409. The summed E-state index contributed by atoms with van der Waals surface area (Å²) >= 11 is 0. The van der Waals surface area contributed by atoms with E-state index in [2.05, 4.69) is 0 Å². The summed E-state index contributed by atoms with van der Waals surface area (Å²) in [4.78, 5) is 14.7. The van der Waals surface area contributed by atoms with Gasteiger partial charge >= 0.3 is 0 Å². The zero-order chi connectivity index (χ0) is 18.7. The van der Waals surface area contributed by atoms with Crippen molar-refractivity contribution in [3.63, 3.8) is 0 Å². The van der Waals surface area contributed by atoms with Crippen LogP contribution in [0.1, 0.15) is 48.2 Å². The molecule has 1 N–H and O–H groups in total. The van der Waals surface area contributed by atoms with E-state index >= 15 is 0 Å². The van der Waals surface area contributed by atoms with Gasteiger partial charge in [0.25, 0.3) is 5.91 Å². The van der Waals surface area contributed by atoms with E-state index in [0.29, 0.717) is 31.5 Å². The maximum Gasteiger partial charge on any atom is 0.253 e. The second-order valence-electron chi connectivity index (χ2n) is 7.34. The number of benzene rings is 2. The molecule has 0 saturated carbocycles. The monoisotopic (exact) mass is 353 g/mol. The lowest BCUT2D eigenvalue weighted by Gasteiger charge is -2.38. The van der Waals surface area contributed by atoms with Crippen molar-refractivity contribution >= 4 is 5.91 Å². The first-order valence-electron chi connectivity index (χ1n) is 9.23. The molecule has 0 aromatic heterocycles. The number of nitrogens with zero attached hydrogens (tertiary/aromatic N) is 1. The van der Waals surface area contributed by atoms with Gasteiger partial charge in [-0.1, -0.05) is 30.3 Å². The maximum absolute atomic E-state index is 12.8. The molecule has 0 unspecified atom stereocenters. The second kappa shape index (κ2) is 7.50. The van der Waals surface area contributed by atoms with Crippen LogP contribution in [-0.4, -0.2) is 35.1 Å². The highest BCUT2D eigenvalue weighted by atomic mass is 16.5. The van der Waals surface area contributed by atoms with Crippen LogP contribution in [0.3, 0.4) is 0 Å². The van der Waals surface area contributed by atoms with Gasteiger partial charge in [0.15, 0.2) is 0 Å². The number of hydrogen-bond donors (Lipinski definition) is 1. The molecule has 0 atom stereocenters. The summed E-state index contributed by atoms with van der Waals surface area (Å²) < 4.78 is 5.74. The van der Waals surface area contributed by atoms with Crippen LogP contribution >= 0.6 is 0 Å². The summed E-state index contributed by atoms with van der Waals surface area (Å²) in [5, 5.41) is 10.9. The molecule has 0 radical (unpaired) electrons. The van der Waals surface area contributed by atoms with Crippen LogP contribution < -0.4 is 4.74 Å². The molecule has 3 rings (SSSR count). The van der Waals surface area contributed by atoms with Gasteiger partial charge in [0.2, 0.25) is 0 Å². The predicted molar refractivity (Wildman–Crippen MR) is 102 cm³/mol. The fourth-order valence-electron chi connectivity index (χ4n) is 3.47. The highest BCUT2D eigenvalue weighted by molar-refractivity contribution is 5.94. The molecule has 2 aromatic carbocycles. The van der Waals surface area contributed by atoms with E-state index in [1.165, 1.54) is 0 Å². The molecule has 1 saturated heterocycles. The molecule has 2 aromatic rings. The summed E-state index contributed by atoms with van der Waals surface area (Å²) in [6.07, 6.45) is 1.21. The van der Waals surface area contributed by atoms with E-state index in [-0.39, 0.29) is 12.0 Å². The van der Waals surface area contributed by atoms with Crippen molar-refractivity contribution in [2.75, 3.05) is 13.1 Å². The largest absolute Gasteiger partial charge is 0.491 e. The average Bonchev–Trinajstić information content (AvgIpc) is 2.64. The minimum atomic E-state index is -0.844. The summed E-state index contributed by atoms with van der Waals surface area (Å²) in [6, 6.07) is 15.3. The second-order valence-corrected chi connectivity index (χ2v) is 7.34. The zero-order valence-corrected chi connectivity index (χ0v) is 15.7. The van der Waals surface area contributed by atoms with E-state index in [0.717, 1.165) is 16.9 Å². The molecular weight excluding hydrogens is 326 g/mol. The Balaban J connectivity index is 1.68. The first-order valence-corrected chi connectivity index (χ1v) is 9.23. The molecule has 1 aliphatic heterocycles. The molecule has 0 spiro atoms. The number of hydrogen-bond acceptors (Lipinski definition) is 3. The summed E-state index contributed by atoms with van der Waals surface area (Å²) in [7, 11) is 0. The Hall–Kier alpha value is -2.33. The quantitative estimate of drug-likeness (QED) is 0.907. The van der Waals surface area contributed by atoms with E-state index < -0.39 is 5.60 Å². The summed E-state index contributed by atoms with van der Waals surface area (Å²) in [5.41, 5.74) is 1.72. The molecule has 26 heavy (non-hydrogen) atoms. The number of ether oxygens (including phenoxy) is 1. The SMILES string of the molecule is Cc1cc(C(=O)N2CCC(O)(c3ccccc3)CC2)ccc1OC(C)C. The predicted octanol–water partition coefficient (Wildman–Crippen LogP) is 3.91. The number of carbonyl (C=O) groups excluding carboxylic acids is 1. The average molecular weight is 353 g/mol. The van der Waals surface area contributed by atoms with Gasteiger partial charge in [-0.25, -0.2) is 0 Å². The Labute approximate surface area is 155 Å². The van der Waals surface area contributed by atoms with Crippen molar-refractivity contribution < 1.29 is 14.6 Å². The van der Waals surface area contributed by atoms with Crippen LogP contribution in [-0.2, 0) is 5.60 Å². The van der Waals surface area contributed by atoms with Crippen LogP contribution in [0, 0.1) is 6.92 Å². The molecule has 1 heterocycles. The molecule has 1 amide bonds. The van der Waals surface area contributed by atoms with Gasteiger partial charge < -0.3 is 14.7 Å². The Bertz CT molecular complexity index is 762. The maximum atomic E-state index is 12.8. The van der Waals surface area contributed by atoms with E-state index in [1.54, 1.807) is 0 Å². The zero-order valence-electron chi connectivity index (χ0n) is 15.7. The molecule has 4 heteroatoms. The van der Waals surface area contributed by atoms with Gasteiger partial charge in [-0.3, -0.25) is 4.79 Å². The minimum absolute atomic E-state index is 0.0132. The number of likely N-dealkylation sites (tertiary alicyclic amines) is 1. The van der Waals surface area contributed by atoms with Crippen LogP contribution in [0.15, 0.2) is 48.5 Å². The Morgan fingerprint density at radius 3 is 2.35 bits per heavy atom. The molecule has 1 fully saturated rings. The lowest BCUT2D eigenvalue weighted by molar-refractivity contribution is -0.0211. The van der Waals surface area contributed by atoms with Crippen molar-refractivity contribution in [3.05, 3.63) is 65.2 Å². The molecule has 0 bridgehead atoms. The Morgan fingerprint density at radius 2 is 1.77 bits per heavy atom. The van der Waals surface area contributed by atoms with Gasteiger partial charge in [-0.2, -0.15) is 0 Å². The summed E-state index contributed by atoms with van der Waals surface area (Å²) in [6.45, 7) is 7.03. The third-order valence-electron chi connectivity index (χ3n) is 4.97. The first kappa shape index (κ1) is 18.5. The highest BCUT2D eigenvalue weighted by Crippen LogP contribution is 2.33. The minimum Gasteiger partial charge on any atom is -0.491 e. The van der Waals surface area contributed by atoms with E-state index in [1.807, 2.05) is 74.2 Å². The van der Waals surface area contributed by atoms with Gasteiger partial charge in [-0.15, -0.1) is 0 Å². The number of rotatable bonds is 4. The van der Waals surface area contributed by atoms with Crippen molar-refractivity contribution in [3.8, 4) is 5.75 Å². The molecular formula is C22H27NO3. The third-order valence-corrected chi connectivity index (χ3v) is 4.97. The highest BCUT2D eigenvalue weighted by Gasteiger charge is 2.35. The molecule has 1 aliphatic rings. The molecule has 138 valence electrons. The molecule has 4 nitrogen and oxygen atoms in total. The number of aryl methyl sites for hydroxylation is 1. The van der Waals surface area contributed by atoms with Crippen molar-refractivity contribution in [1.29, 1.82) is 0 Å². The van der Waals surface area contributed by atoms with Gasteiger partial charge in [-0.05, 0) is 62.9 Å². The summed E-state index contributed by atoms with van der Waals surface area (Å²) in [5.74, 6) is 0.827. The van der Waals surface area contributed by atoms with Crippen LogP contribution in [0.4, 0.5) is 0 Å². The smallest absolute Gasteiger partial charge is 0.253 e. The van der Waals surface area contributed by atoms with Gasteiger partial charge in [0, 0.05) is 18.7 Å². The Morgan fingerprint density at radius 1 is 1.12 bits per heavy atom. The van der Waals surface area contributed by atoms with Crippen molar-refractivity contribution in [1.82, 2.24) is 4.90 Å². The third kappa shape index (κ3) is 3.91. The normalized spacial score (nSPS) is 16.6.